The topological polar surface area (TPSA) is 46.5 Å². The molecule has 0 unspecified atom stereocenters. The number of hydrogen-bond acceptors (Lipinski definition) is 3. The maximum atomic E-state index is 12.8. The average molecular weight is 329 g/mol. The molecule has 0 saturated carbocycles. The minimum absolute atomic E-state index is 0.00487. The van der Waals surface area contributed by atoms with Gasteiger partial charge in [0, 0.05) is 37.1 Å². The fourth-order valence-electron chi connectivity index (χ4n) is 3.67. The molecule has 1 saturated heterocycles. The van der Waals surface area contributed by atoms with Crippen LogP contribution >= 0.6 is 0 Å². The van der Waals surface area contributed by atoms with E-state index in [9.17, 15) is 4.79 Å². The number of carbonyl (C=O) groups is 1. The van der Waals surface area contributed by atoms with E-state index in [1.165, 1.54) is 12.8 Å². The summed E-state index contributed by atoms with van der Waals surface area (Å²) in [6, 6.07) is 10.6. The smallest absolute Gasteiger partial charge is 0.267 e. The van der Waals surface area contributed by atoms with Gasteiger partial charge >= 0.3 is 0 Å². The summed E-state index contributed by atoms with van der Waals surface area (Å²) in [6.45, 7) is 6.36. The van der Waals surface area contributed by atoms with Crippen molar-refractivity contribution in [3.05, 3.63) is 36.0 Å². The van der Waals surface area contributed by atoms with Gasteiger partial charge in [0.1, 0.15) is 5.69 Å². The highest BCUT2D eigenvalue weighted by molar-refractivity contribution is 5.98. The molecule has 0 radical (unpaired) electrons. The third kappa shape index (κ3) is 3.47. The number of ether oxygens (including phenoxy) is 1. The number of hydrogen-bond donors (Lipinski definition) is 1. The first-order chi connectivity index (χ1) is 11.7. The molecule has 1 aliphatic heterocycles. The van der Waals surface area contributed by atoms with Crippen LogP contribution in [0.4, 0.5) is 0 Å². The molecule has 1 aromatic carbocycles. The number of para-hydroxylation sites is 1. The van der Waals surface area contributed by atoms with Crippen LogP contribution in [-0.2, 0) is 11.3 Å². The largest absolute Gasteiger partial charge is 0.383 e. The Hall–Kier alpha value is -1.85. The monoisotopic (exact) mass is 329 g/mol. The van der Waals surface area contributed by atoms with Gasteiger partial charge in [-0.2, -0.15) is 0 Å². The van der Waals surface area contributed by atoms with E-state index >= 15 is 0 Å². The van der Waals surface area contributed by atoms with E-state index in [-0.39, 0.29) is 5.91 Å². The normalized spacial score (nSPS) is 18.3. The van der Waals surface area contributed by atoms with Gasteiger partial charge in [-0.05, 0) is 38.1 Å². The first kappa shape index (κ1) is 17.0. The summed E-state index contributed by atoms with van der Waals surface area (Å²) in [4.78, 5) is 15.2. The number of carbonyl (C=O) groups excluding carboxylic acids is 1. The Bertz CT molecular complexity index is 695. The lowest BCUT2D eigenvalue weighted by Crippen LogP contribution is -2.40. The second kappa shape index (κ2) is 7.81. The molecule has 2 aromatic rings. The predicted molar refractivity (Wildman–Crippen MR) is 96.4 cm³/mol. The summed E-state index contributed by atoms with van der Waals surface area (Å²) in [5.74, 6) is 0.00487. The van der Waals surface area contributed by atoms with Gasteiger partial charge in [-0.1, -0.05) is 25.1 Å². The molecule has 1 amide bonds. The van der Waals surface area contributed by atoms with Crippen LogP contribution in [0.5, 0.6) is 0 Å². The number of fused-ring (bicyclic) bond motifs is 1. The minimum atomic E-state index is 0.00487. The molecule has 0 bridgehead atoms. The average Bonchev–Trinajstić information content (AvgIpc) is 3.21. The molecule has 2 heterocycles. The first-order valence-corrected chi connectivity index (χ1v) is 8.84. The Morgan fingerprint density at radius 3 is 3.00 bits per heavy atom. The highest BCUT2D eigenvalue weighted by atomic mass is 16.5. The molecule has 5 heteroatoms. The van der Waals surface area contributed by atoms with Crippen LogP contribution in [0.2, 0.25) is 0 Å². The van der Waals surface area contributed by atoms with Crippen molar-refractivity contribution >= 4 is 16.8 Å². The van der Waals surface area contributed by atoms with Crippen LogP contribution in [0.25, 0.3) is 10.9 Å². The zero-order chi connectivity index (χ0) is 16.9. The number of amides is 1. The van der Waals surface area contributed by atoms with Crippen LogP contribution in [-0.4, -0.2) is 54.8 Å². The minimum Gasteiger partial charge on any atom is -0.383 e. The Kier molecular flexibility index (Phi) is 5.53. The third-order valence-electron chi connectivity index (χ3n) is 4.97. The molecular weight excluding hydrogens is 302 g/mol. The van der Waals surface area contributed by atoms with Crippen molar-refractivity contribution in [2.75, 3.05) is 33.4 Å². The summed E-state index contributed by atoms with van der Waals surface area (Å²) >= 11 is 0. The highest BCUT2D eigenvalue weighted by Gasteiger charge is 2.24. The molecule has 5 nitrogen and oxygen atoms in total. The number of nitrogens with zero attached hydrogens (tertiary/aromatic N) is 2. The van der Waals surface area contributed by atoms with Gasteiger partial charge in [-0.25, -0.2) is 0 Å². The molecule has 1 atom stereocenters. The van der Waals surface area contributed by atoms with Crippen molar-refractivity contribution in [1.29, 1.82) is 0 Å². The lowest BCUT2D eigenvalue weighted by atomic mass is 10.2. The third-order valence-corrected chi connectivity index (χ3v) is 4.97. The Morgan fingerprint density at radius 1 is 1.38 bits per heavy atom. The Labute approximate surface area is 143 Å². The van der Waals surface area contributed by atoms with Gasteiger partial charge in [0.15, 0.2) is 0 Å². The standard InChI is InChI=1S/C19H27N3O2/c1-3-21-10-6-8-16(21)14-20-19(23)18-13-15-7-4-5-9-17(15)22(18)11-12-24-2/h4-5,7,9,13,16H,3,6,8,10-12,14H2,1-2H3,(H,20,23)/t16-/m1/s1. The van der Waals surface area contributed by atoms with Crippen LogP contribution in [0.15, 0.2) is 30.3 Å². The van der Waals surface area contributed by atoms with Gasteiger partial charge in [0.05, 0.1) is 6.61 Å². The SMILES string of the molecule is CCN1CCC[C@@H]1CNC(=O)c1cc2ccccc2n1CCOC. The number of benzene rings is 1. The van der Waals surface area contributed by atoms with Gasteiger partial charge in [0.2, 0.25) is 0 Å². The van der Waals surface area contributed by atoms with E-state index in [1.807, 2.05) is 24.3 Å². The summed E-state index contributed by atoms with van der Waals surface area (Å²) in [6.07, 6.45) is 2.39. The summed E-state index contributed by atoms with van der Waals surface area (Å²) in [5, 5.41) is 4.23. The molecule has 1 fully saturated rings. The van der Waals surface area contributed by atoms with Crippen molar-refractivity contribution in [3.63, 3.8) is 0 Å². The molecule has 24 heavy (non-hydrogen) atoms. The fraction of sp³-hybridized carbons (Fsp3) is 0.526. The van der Waals surface area contributed by atoms with Crippen LogP contribution in [0, 0.1) is 0 Å². The van der Waals surface area contributed by atoms with Crippen LogP contribution < -0.4 is 5.32 Å². The lowest BCUT2D eigenvalue weighted by Gasteiger charge is -2.23. The molecule has 3 rings (SSSR count). The molecule has 1 aliphatic rings. The van der Waals surface area contributed by atoms with Gasteiger partial charge < -0.3 is 14.6 Å². The number of methoxy groups -OCH3 is 1. The molecule has 0 aliphatic carbocycles. The van der Waals surface area contributed by atoms with Gasteiger partial charge in [0.25, 0.3) is 5.91 Å². The number of rotatable bonds is 7. The van der Waals surface area contributed by atoms with E-state index in [0.29, 0.717) is 24.9 Å². The van der Waals surface area contributed by atoms with E-state index in [4.69, 9.17) is 4.74 Å². The fourth-order valence-corrected chi connectivity index (χ4v) is 3.67. The van der Waals surface area contributed by atoms with E-state index < -0.39 is 0 Å². The van der Waals surface area contributed by atoms with E-state index in [2.05, 4.69) is 27.8 Å². The second-order valence-corrected chi connectivity index (χ2v) is 6.37. The quantitative estimate of drug-likeness (QED) is 0.849. The van der Waals surface area contributed by atoms with Crippen molar-refractivity contribution in [1.82, 2.24) is 14.8 Å². The second-order valence-electron chi connectivity index (χ2n) is 6.37. The summed E-state index contributed by atoms with van der Waals surface area (Å²) in [5.41, 5.74) is 1.80. The summed E-state index contributed by atoms with van der Waals surface area (Å²) < 4.78 is 7.27. The van der Waals surface area contributed by atoms with Gasteiger partial charge in [-0.15, -0.1) is 0 Å². The molecule has 1 aromatic heterocycles. The van der Waals surface area contributed by atoms with Crippen molar-refractivity contribution in [3.8, 4) is 0 Å². The highest BCUT2D eigenvalue weighted by Crippen LogP contribution is 2.20. The van der Waals surface area contributed by atoms with Crippen molar-refractivity contribution < 1.29 is 9.53 Å². The van der Waals surface area contributed by atoms with Crippen molar-refractivity contribution in [2.24, 2.45) is 0 Å². The van der Waals surface area contributed by atoms with Crippen molar-refractivity contribution in [2.45, 2.75) is 32.4 Å². The zero-order valence-electron chi connectivity index (χ0n) is 14.6. The number of nitrogens with one attached hydrogen (secondary N) is 1. The van der Waals surface area contributed by atoms with Gasteiger partial charge in [-0.3, -0.25) is 9.69 Å². The molecular formula is C19H27N3O2. The Morgan fingerprint density at radius 2 is 2.21 bits per heavy atom. The maximum absolute atomic E-state index is 12.8. The zero-order valence-corrected chi connectivity index (χ0v) is 14.6. The number of likely N-dealkylation sites (N-methyl/N-ethyl adjacent to an activating group) is 1. The van der Waals surface area contributed by atoms with E-state index in [0.717, 1.165) is 30.5 Å². The van der Waals surface area contributed by atoms with Crippen LogP contribution in [0.3, 0.4) is 0 Å². The lowest BCUT2D eigenvalue weighted by molar-refractivity contribution is 0.0930. The molecule has 130 valence electrons. The molecule has 1 N–H and O–H groups in total. The summed E-state index contributed by atoms with van der Waals surface area (Å²) in [7, 11) is 1.69. The Balaban J connectivity index is 1.76. The van der Waals surface area contributed by atoms with Crippen LogP contribution in [0.1, 0.15) is 30.3 Å². The van der Waals surface area contributed by atoms with E-state index in [1.54, 1.807) is 7.11 Å². The molecule has 0 spiro atoms. The predicted octanol–water partition coefficient (Wildman–Crippen LogP) is 2.50. The maximum Gasteiger partial charge on any atom is 0.267 e. The number of likely N-dealkylation sites (tertiary alicyclic amines) is 1. The number of aromatic nitrogens is 1. The first-order valence-electron chi connectivity index (χ1n) is 8.84.